The standard InChI is InChI=1S/C15H18N2OS/c1-3-15(18)17-14-6-4-5-13(11(14)2)16-9-12-7-8-19-10-12/h4-8,10,16H,3,9H2,1-2H3,(H,17,18). The van der Waals surface area contributed by atoms with E-state index in [-0.39, 0.29) is 5.91 Å². The van der Waals surface area contributed by atoms with E-state index in [0.717, 1.165) is 23.5 Å². The molecule has 19 heavy (non-hydrogen) atoms. The summed E-state index contributed by atoms with van der Waals surface area (Å²) in [6, 6.07) is 8.02. The fourth-order valence-electron chi connectivity index (χ4n) is 1.79. The van der Waals surface area contributed by atoms with Crippen molar-refractivity contribution < 1.29 is 4.79 Å². The lowest BCUT2D eigenvalue weighted by molar-refractivity contribution is -0.115. The zero-order valence-corrected chi connectivity index (χ0v) is 12.0. The Morgan fingerprint density at radius 2 is 2.05 bits per heavy atom. The fraction of sp³-hybridized carbons (Fsp3) is 0.267. The molecule has 1 aromatic heterocycles. The number of hydrogen-bond acceptors (Lipinski definition) is 3. The molecule has 0 saturated carbocycles. The zero-order valence-electron chi connectivity index (χ0n) is 11.2. The summed E-state index contributed by atoms with van der Waals surface area (Å²) in [7, 11) is 0. The van der Waals surface area contributed by atoms with Gasteiger partial charge in [-0.15, -0.1) is 0 Å². The lowest BCUT2D eigenvalue weighted by atomic mass is 10.1. The zero-order chi connectivity index (χ0) is 13.7. The molecule has 0 aliphatic carbocycles. The third-order valence-electron chi connectivity index (χ3n) is 2.99. The van der Waals surface area contributed by atoms with Crippen LogP contribution in [0.1, 0.15) is 24.5 Å². The average Bonchev–Trinajstić information content (AvgIpc) is 2.93. The largest absolute Gasteiger partial charge is 0.381 e. The van der Waals surface area contributed by atoms with Crippen LogP contribution in [0, 0.1) is 6.92 Å². The van der Waals surface area contributed by atoms with Crippen molar-refractivity contribution in [1.82, 2.24) is 0 Å². The van der Waals surface area contributed by atoms with Gasteiger partial charge >= 0.3 is 0 Å². The van der Waals surface area contributed by atoms with Crippen molar-refractivity contribution in [1.29, 1.82) is 0 Å². The first-order valence-electron chi connectivity index (χ1n) is 6.35. The van der Waals surface area contributed by atoms with E-state index in [1.807, 2.05) is 32.0 Å². The van der Waals surface area contributed by atoms with E-state index >= 15 is 0 Å². The molecule has 4 heteroatoms. The summed E-state index contributed by atoms with van der Waals surface area (Å²) >= 11 is 1.70. The summed E-state index contributed by atoms with van der Waals surface area (Å²) in [5.41, 5.74) is 4.27. The Labute approximate surface area is 117 Å². The smallest absolute Gasteiger partial charge is 0.224 e. The average molecular weight is 274 g/mol. The van der Waals surface area contributed by atoms with E-state index in [4.69, 9.17) is 0 Å². The molecule has 2 rings (SSSR count). The molecule has 0 fully saturated rings. The molecule has 100 valence electrons. The molecule has 0 aliphatic rings. The first-order chi connectivity index (χ1) is 9.20. The normalized spacial score (nSPS) is 10.2. The van der Waals surface area contributed by atoms with Gasteiger partial charge in [-0.3, -0.25) is 4.79 Å². The summed E-state index contributed by atoms with van der Waals surface area (Å²) in [5.74, 6) is 0.0399. The second kappa shape index (κ2) is 6.38. The number of carbonyl (C=O) groups is 1. The minimum absolute atomic E-state index is 0.0399. The molecule has 0 spiro atoms. The van der Waals surface area contributed by atoms with Gasteiger partial charge in [0.25, 0.3) is 0 Å². The molecule has 0 radical (unpaired) electrons. The van der Waals surface area contributed by atoms with Crippen LogP contribution in [0.5, 0.6) is 0 Å². The van der Waals surface area contributed by atoms with Gasteiger partial charge in [-0.25, -0.2) is 0 Å². The Morgan fingerprint density at radius 1 is 1.26 bits per heavy atom. The van der Waals surface area contributed by atoms with Gasteiger partial charge in [-0.05, 0) is 47.0 Å². The molecule has 3 nitrogen and oxygen atoms in total. The maximum atomic E-state index is 11.5. The lowest BCUT2D eigenvalue weighted by Crippen LogP contribution is -2.11. The van der Waals surface area contributed by atoms with Crippen LogP contribution in [-0.2, 0) is 11.3 Å². The maximum Gasteiger partial charge on any atom is 0.224 e. The monoisotopic (exact) mass is 274 g/mol. The predicted octanol–water partition coefficient (Wildman–Crippen LogP) is 4.02. The van der Waals surface area contributed by atoms with E-state index in [1.165, 1.54) is 5.56 Å². The topological polar surface area (TPSA) is 41.1 Å². The Hall–Kier alpha value is -1.81. The van der Waals surface area contributed by atoms with Crippen molar-refractivity contribution in [2.24, 2.45) is 0 Å². The number of anilines is 2. The number of amides is 1. The van der Waals surface area contributed by atoms with Crippen molar-refractivity contribution in [3.8, 4) is 0 Å². The molecular formula is C15H18N2OS. The van der Waals surface area contributed by atoms with Gasteiger partial charge in [0.05, 0.1) is 0 Å². The minimum atomic E-state index is 0.0399. The van der Waals surface area contributed by atoms with Gasteiger partial charge in [0, 0.05) is 24.3 Å². The predicted molar refractivity (Wildman–Crippen MR) is 81.7 cm³/mol. The van der Waals surface area contributed by atoms with Crippen molar-refractivity contribution in [2.45, 2.75) is 26.8 Å². The third-order valence-corrected chi connectivity index (χ3v) is 3.72. The third kappa shape index (κ3) is 3.58. The second-order valence-electron chi connectivity index (χ2n) is 4.37. The van der Waals surface area contributed by atoms with Crippen molar-refractivity contribution in [3.05, 3.63) is 46.2 Å². The molecule has 1 amide bonds. The van der Waals surface area contributed by atoms with Crippen LogP contribution in [0.25, 0.3) is 0 Å². The summed E-state index contributed by atoms with van der Waals surface area (Å²) in [5, 5.41) is 10.5. The molecule has 0 bridgehead atoms. The van der Waals surface area contributed by atoms with Crippen LogP contribution in [0.4, 0.5) is 11.4 Å². The van der Waals surface area contributed by atoms with Crippen LogP contribution in [-0.4, -0.2) is 5.91 Å². The van der Waals surface area contributed by atoms with Gasteiger partial charge in [-0.1, -0.05) is 13.0 Å². The maximum absolute atomic E-state index is 11.5. The van der Waals surface area contributed by atoms with E-state index < -0.39 is 0 Å². The molecule has 0 aliphatic heterocycles. The fourth-order valence-corrected chi connectivity index (χ4v) is 2.46. The summed E-state index contributed by atoms with van der Waals surface area (Å²) in [6.45, 7) is 4.67. The van der Waals surface area contributed by atoms with Gasteiger partial charge in [0.1, 0.15) is 0 Å². The minimum Gasteiger partial charge on any atom is -0.381 e. The molecule has 1 aromatic carbocycles. The Kier molecular flexibility index (Phi) is 4.58. The number of benzene rings is 1. The number of thiophene rings is 1. The molecule has 0 atom stereocenters. The molecular weight excluding hydrogens is 256 g/mol. The highest BCUT2D eigenvalue weighted by Crippen LogP contribution is 2.24. The highest BCUT2D eigenvalue weighted by Gasteiger charge is 2.06. The van der Waals surface area contributed by atoms with Crippen LogP contribution in [0.15, 0.2) is 35.0 Å². The Morgan fingerprint density at radius 3 is 2.74 bits per heavy atom. The molecule has 0 unspecified atom stereocenters. The SMILES string of the molecule is CCC(=O)Nc1cccc(NCc2ccsc2)c1C. The Balaban J connectivity index is 2.08. The summed E-state index contributed by atoms with van der Waals surface area (Å²) < 4.78 is 0. The summed E-state index contributed by atoms with van der Waals surface area (Å²) in [4.78, 5) is 11.5. The second-order valence-corrected chi connectivity index (χ2v) is 5.15. The van der Waals surface area contributed by atoms with Crippen LogP contribution >= 0.6 is 11.3 Å². The van der Waals surface area contributed by atoms with E-state index in [1.54, 1.807) is 11.3 Å². The quantitative estimate of drug-likeness (QED) is 0.864. The molecule has 2 N–H and O–H groups in total. The molecule has 0 saturated heterocycles. The highest BCUT2D eigenvalue weighted by atomic mass is 32.1. The van der Waals surface area contributed by atoms with Crippen LogP contribution < -0.4 is 10.6 Å². The van der Waals surface area contributed by atoms with Crippen molar-refractivity contribution in [3.63, 3.8) is 0 Å². The van der Waals surface area contributed by atoms with Gasteiger partial charge in [0.15, 0.2) is 0 Å². The van der Waals surface area contributed by atoms with Crippen molar-refractivity contribution in [2.75, 3.05) is 10.6 Å². The first-order valence-corrected chi connectivity index (χ1v) is 7.29. The molecule has 2 aromatic rings. The van der Waals surface area contributed by atoms with Gasteiger partial charge < -0.3 is 10.6 Å². The number of carbonyl (C=O) groups excluding carboxylic acids is 1. The number of rotatable bonds is 5. The van der Waals surface area contributed by atoms with E-state index in [0.29, 0.717) is 6.42 Å². The van der Waals surface area contributed by atoms with Crippen LogP contribution in [0.3, 0.4) is 0 Å². The molecule has 1 heterocycles. The number of nitrogens with one attached hydrogen (secondary N) is 2. The lowest BCUT2D eigenvalue weighted by Gasteiger charge is -2.13. The van der Waals surface area contributed by atoms with Gasteiger partial charge in [0.2, 0.25) is 5.91 Å². The van der Waals surface area contributed by atoms with Gasteiger partial charge in [-0.2, -0.15) is 11.3 Å². The first kappa shape index (κ1) is 13.6. The summed E-state index contributed by atoms with van der Waals surface area (Å²) in [6.07, 6.45) is 0.492. The number of hydrogen-bond donors (Lipinski definition) is 2. The van der Waals surface area contributed by atoms with Crippen molar-refractivity contribution >= 4 is 28.6 Å². The van der Waals surface area contributed by atoms with E-state index in [2.05, 4.69) is 27.5 Å². The highest BCUT2D eigenvalue weighted by molar-refractivity contribution is 7.07. The Bertz CT molecular complexity index is 549. The van der Waals surface area contributed by atoms with E-state index in [9.17, 15) is 4.79 Å². The van der Waals surface area contributed by atoms with Crippen LogP contribution in [0.2, 0.25) is 0 Å².